The molecule has 1 aromatic heterocycles. The minimum absolute atomic E-state index is 0.576. The highest BCUT2D eigenvalue weighted by Gasteiger charge is 2.27. The number of hydrogen-bond acceptors (Lipinski definition) is 3. The van der Waals surface area contributed by atoms with Crippen LogP contribution in [0.4, 0.5) is 5.69 Å². The number of pyridine rings is 1. The van der Waals surface area contributed by atoms with E-state index in [1.165, 1.54) is 12.8 Å². The fourth-order valence-electron chi connectivity index (χ4n) is 1.69. The van der Waals surface area contributed by atoms with Crippen LogP contribution in [0.1, 0.15) is 19.8 Å². The van der Waals surface area contributed by atoms with Gasteiger partial charge in [0, 0.05) is 6.20 Å². The van der Waals surface area contributed by atoms with Crippen LogP contribution in [0.5, 0.6) is 5.88 Å². The summed E-state index contributed by atoms with van der Waals surface area (Å²) in [6.07, 6.45) is 4.30. The highest BCUT2D eigenvalue weighted by atomic mass is 16.5. The van der Waals surface area contributed by atoms with Crippen molar-refractivity contribution in [1.82, 2.24) is 4.98 Å². The van der Waals surface area contributed by atoms with Crippen molar-refractivity contribution in [2.75, 3.05) is 12.3 Å². The highest BCUT2D eigenvalue weighted by Crippen LogP contribution is 2.34. The van der Waals surface area contributed by atoms with Crippen molar-refractivity contribution in [2.45, 2.75) is 19.8 Å². The first-order chi connectivity index (χ1) is 6.77. The summed E-state index contributed by atoms with van der Waals surface area (Å²) in [5.41, 5.74) is 6.34. The number of ether oxygens (including phenoxy) is 1. The second-order valence-corrected chi connectivity index (χ2v) is 4.02. The van der Waals surface area contributed by atoms with E-state index in [4.69, 9.17) is 10.5 Å². The van der Waals surface area contributed by atoms with Crippen molar-refractivity contribution < 1.29 is 4.74 Å². The first kappa shape index (κ1) is 9.31. The van der Waals surface area contributed by atoms with Gasteiger partial charge in [-0.2, -0.15) is 0 Å². The van der Waals surface area contributed by atoms with Crippen molar-refractivity contribution >= 4 is 5.69 Å². The van der Waals surface area contributed by atoms with Crippen molar-refractivity contribution in [3.05, 3.63) is 18.3 Å². The van der Waals surface area contributed by atoms with Gasteiger partial charge in [-0.1, -0.05) is 6.92 Å². The lowest BCUT2D eigenvalue weighted by molar-refractivity contribution is 0.114. The second-order valence-electron chi connectivity index (χ2n) is 4.02. The summed E-state index contributed by atoms with van der Waals surface area (Å²) in [7, 11) is 0. The summed E-state index contributed by atoms with van der Waals surface area (Å²) in [5.74, 6) is 2.06. The fraction of sp³-hybridized carbons (Fsp3) is 0.545. The lowest BCUT2D eigenvalue weighted by atomic mass is 9.75. The van der Waals surface area contributed by atoms with E-state index >= 15 is 0 Å². The third-order valence-corrected chi connectivity index (χ3v) is 3.03. The molecule has 3 nitrogen and oxygen atoms in total. The van der Waals surface area contributed by atoms with Crippen LogP contribution in [-0.4, -0.2) is 11.6 Å². The molecule has 1 aromatic rings. The molecule has 3 heteroatoms. The molecule has 2 unspecified atom stereocenters. The molecule has 2 N–H and O–H groups in total. The van der Waals surface area contributed by atoms with Gasteiger partial charge in [0.1, 0.15) is 0 Å². The molecule has 0 aliphatic heterocycles. The zero-order chi connectivity index (χ0) is 9.97. The van der Waals surface area contributed by atoms with Gasteiger partial charge in [0.2, 0.25) is 5.88 Å². The van der Waals surface area contributed by atoms with Crippen LogP contribution < -0.4 is 10.5 Å². The number of nitrogen functional groups attached to an aromatic ring is 1. The normalized spacial score (nSPS) is 25.5. The van der Waals surface area contributed by atoms with Crippen molar-refractivity contribution in [2.24, 2.45) is 11.8 Å². The van der Waals surface area contributed by atoms with Crippen LogP contribution in [0.2, 0.25) is 0 Å². The molecule has 1 aliphatic rings. The third-order valence-electron chi connectivity index (χ3n) is 3.03. The maximum Gasteiger partial charge on any atom is 0.237 e. The Balaban J connectivity index is 1.88. The maximum absolute atomic E-state index is 5.71. The highest BCUT2D eigenvalue weighted by molar-refractivity contribution is 5.46. The lowest BCUT2D eigenvalue weighted by Gasteiger charge is -2.33. The zero-order valence-corrected chi connectivity index (χ0v) is 8.44. The number of nitrogens with two attached hydrogens (primary N) is 1. The van der Waals surface area contributed by atoms with Crippen molar-refractivity contribution in [1.29, 1.82) is 0 Å². The van der Waals surface area contributed by atoms with Gasteiger partial charge in [-0.05, 0) is 36.8 Å². The molecule has 2 atom stereocenters. The molecular weight excluding hydrogens is 176 g/mol. The number of anilines is 1. The monoisotopic (exact) mass is 192 g/mol. The Kier molecular flexibility index (Phi) is 2.57. The predicted molar refractivity (Wildman–Crippen MR) is 56.0 cm³/mol. The molecule has 76 valence electrons. The predicted octanol–water partition coefficient (Wildman–Crippen LogP) is 2.09. The Hall–Kier alpha value is -1.25. The van der Waals surface area contributed by atoms with Gasteiger partial charge < -0.3 is 10.5 Å². The minimum Gasteiger partial charge on any atom is -0.476 e. The van der Waals surface area contributed by atoms with E-state index in [0.29, 0.717) is 17.5 Å². The van der Waals surface area contributed by atoms with Crippen LogP contribution in [0, 0.1) is 11.8 Å². The van der Waals surface area contributed by atoms with Gasteiger partial charge in [0.15, 0.2) is 0 Å². The summed E-state index contributed by atoms with van der Waals surface area (Å²) in [4.78, 5) is 4.09. The Morgan fingerprint density at radius 2 is 2.43 bits per heavy atom. The van der Waals surface area contributed by atoms with E-state index in [2.05, 4.69) is 11.9 Å². The van der Waals surface area contributed by atoms with E-state index in [-0.39, 0.29) is 0 Å². The lowest BCUT2D eigenvalue weighted by Crippen LogP contribution is -2.28. The molecule has 0 saturated heterocycles. The van der Waals surface area contributed by atoms with Crippen LogP contribution in [0.25, 0.3) is 0 Å². The first-order valence-electron chi connectivity index (χ1n) is 5.10. The van der Waals surface area contributed by atoms with Crippen molar-refractivity contribution in [3.8, 4) is 5.88 Å². The Morgan fingerprint density at radius 3 is 3.00 bits per heavy atom. The fourth-order valence-corrected chi connectivity index (χ4v) is 1.69. The molecule has 1 heterocycles. The van der Waals surface area contributed by atoms with E-state index in [1.54, 1.807) is 6.20 Å². The Bertz CT molecular complexity index is 314. The molecule has 14 heavy (non-hydrogen) atoms. The van der Waals surface area contributed by atoms with Crippen LogP contribution in [0.3, 0.4) is 0 Å². The van der Waals surface area contributed by atoms with Gasteiger partial charge in [0.05, 0.1) is 12.3 Å². The van der Waals surface area contributed by atoms with Gasteiger partial charge in [-0.25, -0.2) is 4.98 Å². The van der Waals surface area contributed by atoms with E-state index < -0.39 is 0 Å². The smallest absolute Gasteiger partial charge is 0.237 e. The first-order valence-corrected chi connectivity index (χ1v) is 5.10. The van der Waals surface area contributed by atoms with E-state index in [1.807, 2.05) is 12.1 Å². The van der Waals surface area contributed by atoms with Gasteiger partial charge in [-0.3, -0.25) is 0 Å². The van der Waals surface area contributed by atoms with Gasteiger partial charge in [-0.15, -0.1) is 0 Å². The molecule has 0 radical (unpaired) electrons. The quantitative estimate of drug-likeness (QED) is 0.797. The molecule has 1 saturated carbocycles. The number of hydrogen-bond donors (Lipinski definition) is 1. The topological polar surface area (TPSA) is 48.1 Å². The average molecular weight is 192 g/mol. The van der Waals surface area contributed by atoms with Crippen LogP contribution >= 0.6 is 0 Å². The summed E-state index contributed by atoms with van der Waals surface area (Å²) < 4.78 is 5.58. The van der Waals surface area contributed by atoms with E-state index in [9.17, 15) is 0 Å². The number of aromatic nitrogens is 1. The molecule has 1 aliphatic carbocycles. The molecule has 2 rings (SSSR count). The Morgan fingerprint density at radius 1 is 1.57 bits per heavy atom. The summed E-state index contributed by atoms with van der Waals surface area (Å²) in [5, 5.41) is 0. The summed E-state index contributed by atoms with van der Waals surface area (Å²) >= 11 is 0. The van der Waals surface area contributed by atoms with Gasteiger partial charge in [0.25, 0.3) is 0 Å². The van der Waals surface area contributed by atoms with Crippen molar-refractivity contribution in [3.63, 3.8) is 0 Å². The van der Waals surface area contributed by atoms with E-state index in [0.717, 1.165) is 12.5 Å². The molecule has 1 fully saturated rings. The maximum atomic E-state index is 5.71. The third kappa shape index (κ3) is 1.81. The molecule has 0 spiro atoms. The van der Waals surface area contributed by atoms with Gasteiger partial charge >= 0.3 is 0 Å². The SMILES string of the molecule is CC1CCC1COc1ncccc1N. The number of nitrogens with zero attached hydrogens (tertiary/aromatic N) is 1. The standard InChI is InChI=1S/C11H16N2O/c1-8-4-5-9(8)7-14-11-10(12)3-2-6-13-11/h2-3,6,8-9H,4-5,7,12H2,1H3. The number of rotatable bonds is 3. The minimum atomic E-state index is 0.576. The van der Waals surface area contributed by atoms with Crippen LogP contribution in [0.15, 0.2) is 18.3 Å². The summed E-state index contributed by atoms with van der Waals surface area (Å²) in [6.45, 7) is 3.02. The molecule has 0 aromatic carbocycles. The summed E-state index contributed by atoms with van der Waals surface area (Å²) in [6, 6.07) is 3.63. The molecule has 0 amide bonds. The zero-order valence-electron chi connectivity index (χ0n) is 8.44. The Labute approximate surface area is 84.3 Å². The largest absolute Gasteiger partial charge is 0.476 e. The molecular formula is C11H16N2O. The average Bonchev–Trinajstić information content (AvgIpc) is 2.19. The second kappa shape index (κ2) is 3.86. The molecule has 0 bridgehead atoms. The van der Waals surface area contributed by atoms with Crippen LogP contribution in [-0.2, 0) is 0 Å².